The van der Waals surface area contributed by atoms with E-state index in [1.807, 2.05) is 79.7 Å². The fraction of sp³-hybridized carbons (Fsp3) is 0.130. The van der Waals surface area contributed by atoms with Gasteiger partial charge >= 0.3 is 0 Å². The lowest BCUT2D eigenvalue weighted by Crippen LogP contribution is -2.15. The number of hydrogen-bond donors (Lipinski definition) is 1. The highest BCUT2D eigenvalue weighted by Gasteiger charge is 2.10. The quantitative estimate of drug-likeness (QED) is 0.467. The molecule has 3 aromatic carbocycles. The molecule has 1 amide bonds. The largest absolute Gasteiger partial charge is 0.494 e. The number of aromatic nitrogens is 4. The van der Waals surface area contributed by atoms with Crippen LogP contribution in [0.4, 0.5) is 5.69 Å². The standard InChI is InChI=1S/C23H21N5O3/c1-2-30-19-11-13-20(14-12-19)31-22-6-4-3-5-21(22)25-23(29)15-17-7-9-18(10-8-17)28-16-24-26-27-28/h3-14,16H,2,15H2,1H3,(H,25,29). The van der Waals surface area contributed by atoms with Crippen LogP contribution in [0, 0.1) is 0 Å². The molecule has 8 heteroatoms. The summed E-state index contributed by atoms with van der Waals surface area (Å²) in [4.78, 5) is 12.6. The summed E-state index contributed by atoms with van der Waals surface area (Å²) in [6.45, 7) is 2.54. The van der Waals surface area contributed by atoms with Gasteiger partial charge in [0.1, 0.15) is 17.8 Å². The highest BCUT2D eigenvalue weighted by molar-refractivity contribution is 5.93. The van der Waals surface area contributed by atoms with Gasteiger partial charge in [-0.3, -0.25) is 4.79 Å². The van der Waals surface area contributed by atoms with Crippen LogP contribution in [0.5, 0.6) is 17.2 Å². The number of tetrazole rings is 1. The molecule has 0 fully saturated rings. The van der Waals surface area contributed by atoms with Gasteiger partial charge in [-0.25, -0.2) is 4.68 Å². The number of amides is 1. The van der Waals surface area contributed by atoms with Gasteiger partial charge in [-0.1, -0.05) is 24.3 Å². The third-order valence-corrected chi connectivity index (χ3v) is 4.44. The number of carbonyl (C=O) groups excluding carboxylic acids is 1. The summed E-state index contributed by atoms with van der Waals surface area (Å²) in [6, 6.07) is 22.2. The van der Waals surface area contributed by atoms with Crippen molar-refractivity contribution in [3.63, 3.8) is 0 Å². The van der Waals surface area contributed by atoms with Gasteiger partial charge in [0.05, 0.1) is 24.4 Å². The first-order valence-electron chi connectivity index (χ1n) is 9.83. The molecule has 31 heavy (non-hydrogen) atoms. The van der Waals surface area contributed by atoms with Crippen molar-refractivity contribution in [2.24, 2.45) is 0 Å². The number of rotatable bonds is 8. The second kappa shape index (κ2) is 9.53. The fourth-order valence-electron chi connectivity index (χ4n) is 2.98. The van der Waals surface area contributed by atoms with Crippen LogP contribution in [0.3, 0.4) is 0 Å². The highest BCUT2D eigenvalue weighted by Crippen LogP contribution is 2.30. The molecule has 0 unspecified atom stereocenters. The number of carbonyl (C=O) groups is 1. The molecule has 0 radical (unpaired) electrons. The van der Waals surface area contributed by atoms with Gasteiger partial charge in [0, 0.05) is 0 Å². The SMILES string of the molecule is CCOc1ccc(Oc2ccccc2NC(=O)Cc2ccc(-n3cnnn3)cc2)cc1. The molecular formula is C23H21N5O3. The highest BCUT2D eigenvalue weighted by atomic mass is 16.5. The van der Waals surface area contributed by atoms with Crippen LogP contribution in [0.2, 0.25) is 0 Å². The van der Waals surface area contributed by atoms with E-state index in [0.29, 0.717) is 23.8 Å². The average Bonchev–Trinajstić information content (AvgIpc) is 3.32. The number of para-hydroxylation sites is 2. The second-order valence-electron chi connectivity index (χ2n) is 6.65. The van der Waals surface area contributed by atoms with Crippen molar-refractivity contribution in [2.45, 2.75) is 13.3 Å². The Labute approximate surface area is 179 Å². The zero-order valence-electron chi connectivity index (χ0n) is 16.9. The molecule has 4 aromatic rings. The van der Waals surface area contributed by atoms with E-state index < -0.39 is 0 Å². The first-order valence-corrected chi connectivity index (χ1v) is 9.83. The maximum atomic E-state index is 12.6. The second-order valence-corrected chi connectivity index (χ2v) is 6.65. The molecule has 1 aromatic heterocycles. The number of ether oxygens (including phenoxy) is 2. The molecule has 0 aliphatic heterocycles. The summed E-state index contributed by atoms with van der Waals surface area (Å²) in [7, 11) is 0. The van der Waals surface area contributed by atoms with E-state index in [1.54, 1.807) is 4.68 Å². The van der Waals surface area contributed by atoms with Crippen LogP contribution in [-0.4, -0.2) is 32.7 Å². The van der Waals surface area contributed by atoms with Gasteiger partial charge in [-0.15, -0.1) is 5.10 Å². The number of anilines is 1. The first-order chi connectivity index (χ1) is 15.2. The number of benzene rings is 3. The molecule has 0 saturated carbocycles. The molecule has 4 rings (SSSR count). The van der Waals surface area contributed by atoms with Crippen molar-refractivity contribution in [2.75, 3.05) is 11.9 Å². The van der Waals surface area contributed by atoms with E-state index in [1.165, 1.54) is 6.33 Å². The van der Waals surface area contributed by atoms with Crippen molar-refractivity contribution in [3.05, 3.63) is 84.7 Å². The van der Waals surface area contributed by atoms with Gasteiger partial charge in [0.25, 0.3) is 0 Å². The van der Waals surface area contributed by atoms with Crippen LogP contribution in [0.25, 0.3) is 5.69 Å². The van der Waals surface area contributed by atoms with Crippen molar-refractivity contribution >= 4 is 11.6 Å². The molecule has 0 atom stereocenters. The van der Waals surface area contributed by atoms with E-state index in [-0.39, 0.29) is 12.3 Å². The Balaban J connectivity index is 1.40. The third-order valence-electron chi connectivity index (χ3n) is 4.44. The van der Waals surface area contributed by atoms with E-state index in [4.69, 9.17) is 9.47 Å². The Morgan fingerprint density at radius 2 is 1.71 bits per heavy atom. The molecule has 1 N–H and O–H groups in total. The Kier molecular flexibility index (Phi) is 6.18. The Morgan fingerprint density at radius 3 is 2.42 bits per heavy atom. The van der Waals surface area contributed by atoms with Crippen molar-refractivity contribution in [1.29, 1.82) is 0 Å². The minimum atomic E-state index is -0.141. The molecule has 156 valence electrons. The van der Waals surface area contributed by atoms with E-state index in [0.717, 1.165) is 17.0 Å². The predicted octanol–water partition coefficient (Wildman–Crippen LogP) is 4.03. The van der Waals surface area contributed by atoms with Gasteiger partial charge in [-0.2, -0.15) is 0 Å². The molecule has 0 bridgehead atoms. The molecule has 0 aliphatic carbocycles. The van der Waals surface area contributed by atoms with E-state index >= 15 is 0 Å². The monoisotopic (exact) mass is 415 g/mol. The predicted molar refractivity (Wildman–Crippen MR) is 116 cm³/mol. The topological polar surface area (TPSA) is 91.2 Å². The molecule has 0 saturated heterocycles. The normalized spacial score (nSPS) is 10.5. The molecule has 8 nitrogen and oxygen atoms in total. The number of hydrogen-bond acceptors (Lipinski definition) is 6. The lowest BCUT2D eigenvalue weighted by atomic mass is 10.1. The van der Waals surface area contributed by atoms with Crippen molar-refractivity contribution in [1.82, 2.24) is 20.2 Å². The smallest absolute Gasteiger partial charge is 0.228 e. The summed E-state index contributed by atoms with van der Waals surface area (Å²) in [5, 5.41) is 14.0. The third kappa shape index (κ3) is 5.24. The van der Waals surface area contributed by atoms with Gasteiger partial charge in [0.15, 0.2) is 5.75 Å². The molecule has 0 spiro atoms. The Bertz CT molecular complexity index is 1130. The molecule has 0 aliphatic rings. The van der Waals surface area contributed by atoms with Crippen LogP contribution in [0.1, 0.15) is 12.5 Å². The summed E-state index contributed by atoms with van der Waals surface area (Å²) >= 11 is 0. The summed E-state index contributed by atoms with van der Waals surface area (Å²) in [6.07, 6.45) is 1.75. The Morgan fingerprint density at radius 1 is 0.968 bits per heavy atom. The van der Waals surface area contributed by atoms with Crippen LogP contribution in [-0.2, 0) is 11.2 Å². The van der Waals surface area contributed by atoms with Crippen molar-refractivity contribution in [3.8, 4) is 22.9 Å². The first kappa shape index (κ1) is 20.1. The van der Waals surface area contributed by atoms with Gasteiger partial charge in [0.2, 0.25) is 5.91 Å². The lowest BCUT2D eigenvalue weighted by Gasteiger charge is -2.13. The summed E-state index contributed by atoms with van der Waals surface area (Å²) in [5.41, 5.74) is 2.30. The van der Waals surface area contributed by atoms with Crippen LogP contribution < -0.4 is 14.8 Å². The van der Waals surface area contributed by atoms with Gasteiger partial charge < -0.3 is 14.8 Å². The van der Waals surface area contributed by atoms with E-state index in [2.05, 4.69) is 20.8 Å². The zero-order chi connectivity index (χ0) is 21.5. The minimum absolute atomic E-state index is 0.141. The minimum Gasteiger partial charge on any atom is -0.494 e. The van der Waals surface area contributed by atoms with Crippen molar-refractivity contribution < 1.29 is 14.3 Å². The molecular weight excluding hydrogens is 394 g/mol. The maximum absolute atomic E-state index is 12.6. The number of nitrogens with zero attached hydrogens (tertiary/aromatic N) is 4. The summed E-state index contributed by atoms with van der Waals surface area (Å²) in [5.74, 6) is 1.86. The summed E-state index contributed by atoms with van der Waals surface area (Å²) < 4.78 is 13.0. The van der Waals surface area contributed by atoms with Gasteiger partial charge in [-0.05, 0) is 71.4 Å². The molecule has 1 heterocycles. The van der Waals surface area contributed by atoms with E-state index in [9.17, 15) is 4.79 Å². The van der Waals surface area contributed by atoms with Crippen LogP contribution >= 0.6 is 0 Å². The lowest BCUT2D eigenvalue weighted by molar-refractivity contribution is -0.115. The average molecular weight is 415 g/mol. The Hall–Kier alpha value is -4.20. The maximum Gasteiger partial charge on any atom is 0.228 e. The fourth-order valence-corrected chi connectivity index (χ4v) is 2.98. The van der Waals surface area contributed by atoms with Crippen LogP contribution in [0.15, 0.2) is 79.1 Å². The number of nitrogens with one attached hydrogen (secondary N) is 1. The zero-order valence-corrected chi connectivity index (χ0v) is 16.9.